The Morgan fingerprint density at radius 2 is 2.40 bits per heavy atom. The van der Waals surface area contributed by atoms with E-state index in [1.807, 2.05) is 6.07 Å². The van der Waals surface area contributed by atoms with E-state index >= 15 is 0 Å². The van der Waals surface area contributed by atoms with E-state index in [9.17, 15) is 0 Å². The van der Waals surface area contributed by atoms with Crippen LogP contribution in [0.1, 0.15) is 0 Å². The van der Waals surface area contributed by atoms with Crippen molar-refractivity contribution in [3.8, 4) is 6.07 Å². The molecule has 1 N–H and O–H groups in total. The van der Waals surface area contributed by atoms with Crippen LogP contribution < -0.4 is 5.32 Å². The van der Waals surface area contributed by atoms with Crippen LogP contribution in [0.5, 0.6) is 0 Å². The first-order valence-electron chi connectivity index (χ1n) is 2.57. The lowest BCUT2D eigenvalue weighted by Crippen LogP contribution is -2.18. The van der Waals surface area contributed by atoms with Crippen molar-refractivity contribution in [3.05, 3.63) is 22.7 Å². The fourth-order valence-electron chi connectivity index (χ4n) is 0.362. The zero-order valence-electron chi connectivity index (χ0n) is 5.16. The summed E-state index contributed by atoms with van der Waals surface area (Å²) in [4.78, 5) is 1.64. The van der Waals surface area contributed by atoms with Crippen molar-refractivity contribution >= 4 is 28.6 Å². The van der Waals surface area contributed by atoms with Gasteiger partial charge in [-0.25, -0.2) is 0 Å². The minimum atomic E-state index is -0.300. The standard InChI is InChI=1S/C6H7BrN2S/c7-2-3-9-6(5-8)1-4-10/h1-4,6,9-10H/b3-2+,4-1-. The SMILES string of the molecule is N#CC(/C=C\S)N/C=C/Br. The molecule has 0 saturated heterocycles. The van der Waals surface area contributed by atoms with E-state index in [0.717, 1.165) is 0 Å². The van der Waals surface area contributed by atoms with Gasteiger partial charge in [0.1, 0.15) is 6.04 Å². The summed E-state index contributed by atoms with van der Waals surface area (Å²) in [5.41, 5.74) is 0. The van der Waals surface area contributed by atoms with Crippen LogP contribution in [0.15, 0.2) is 22.7 Å². The Hall–Kier alpha value is -0.400. The summed E-state index contributed by atoms with van der Waals surface area (Å²) in [7, 11) is 0. The lowest BCUT2D eigenvalue weighted by Gasteiger charge is -1.99. The first kappa shape index (κ1) is 9.60. The zero-order valence-corrected chi connectivity index (χ0v) is 7.64. The average Bonchev–Trinajstić information content (AvgIpc) is 1.98. The van der Waals surface area contributed by atoms with Crippen LogP contribution in [-0.4, -0.2) is 6.04 Å². The van der Waals surface area contributed by atoms with Crippen molar-refractivity contribution < 1.29 is 0 Å². The monoisotopic (exact) mass is 218 g/mol. The maximum absolute atomic E-state index is 8.44. The van der Waals surface area contributed by atoms with E-state index in [0.29, 0.717) is 0 Å². The summed E-state index contributed by atoms with van der Waals surface area (Å²) in [6.07, 6.45) is 3.29. The van der Waals surface area contributed by atoms with Crippen LogP contribution in [0.4, 0.5) is 0 Å². The van der Waals surface area contributed by atoms with Crippen LogP contribution in [0, 0.1) is 11.3 Å². The molecule has 0 heterocycles. The fourth-order valence-corrected chi connectivity index (χ4v) is 0.687. The van der Waals surface area contributed by atoms with Gasteiger partial charge in [0.15, 0.2) is 0 Å². The number of thiol groups is 1. The van der Waals surface area contributed by atoms with Crippen molar-refractivity contribution in [3.63, 3.8) is 0 Å². The number of halogens is 1. The molecule has 2 nitrogen and oxygen atoms in total. The molecule has 0 rings (SSSR count). The minimum Gasteiger partial charge on any atom is -0.372 e. The molecule has 0 amide bonds. The van der Waals surface area contributed by atoms with Gasteiger partial charge in [-0.1, -0.05) is 15.9 Å². The maximum Gasteiger partial charge on any atom is 0.133 e. The molecular formula is C6H7BrN2S. The van der Waals surface area contributed by atoms with Gasteiger partial charge in [0.25, 0.3) is 0 Å². The fraction of sp³-hybridized carbons (Fsp3) is 0.167. The topological polar surface area (TPSA) is 35.8 Å². The van der Waals surface area contributed by atoms with Gasteiger partial charge in [0.2, 0.25) is 0 Å². The average molecular weight is 219 g/mol. The van der Waals surface area contributed by atoms with E-state index < -0.39 is 0 Å². The van der Waals surface area contributed by atoms with Crippen molar-refractivity contribution in [1.29, 1.82) is 5.26 Å². The molecule has 1 atom stereocenters. The molecule has 0 saturated carbocycles. The van der Waals surface area contributed by atoms with E-state index in [4.69, 9.17) is 5.26 Å². The lowest BCUT2D eigenvalue weighted by molar-refractivity contribution is 0.854. The third-order valence-corrected chi connectivity index (χ3v) is 1.19. The Balaban J connectivity index is 3.74. The van der Waals surface area contributed by atoms with Crippen LogP contribution in [0.3, 0.4) is 0 Å². The summed E-state index contributed by atoms with van der Waals surface area (Å²) in [5.74, 6) is 0. The molecule has 0 radical (unpaired) electrons. The van der Waals surface area contributed by atoms with Gasteiger partial charge in [-0.15, -0.1) is 0 Å². The highest BCUT2D eigenvalue weighted by Crippen LogP contribution is 1.88. The van der Waals surface area contributed by atoms with Gasteiger partial charge >= 0.3 is 0 Å². The predicted octanol–water partition coefficient (Wildman–Crippen LogP) is 1.78. The van der Waals surface area contributed by atoms with Crippen molar-refractivity contribution in [2.45, 2.75) is 6.04 Å². The molecule has 4 heteroatoms. The Bertz CT molecular complexity index is 171. The molecule has 0 aromatic carbocycles. The Labute approximate surface area is 74.1 Å². The van der Waals surface area contributed by atoms with Gasteiger partial charge < -0.3 is 5.32 Å². The summed E-state index contributed by atoms with van der Waals surface area (Å²) < 4.78 is 0. The third-order valence-electron chi connectivity index (χ3n) is 0.756. The Morgan fingerprint density at radius 3 is 2.80 bits per heavy atom. The number of nitrogens with zero attached hydrogens (tertiary/aromatic N) is 1. The smallest absolute Gasteiger partial charge is 0.133 e. The normalized spacial score (nSPS) is 13.7. The zero-order chi connectivity index (χ0) is 7.82. The minimum absolute atomic E-state index is 0.300. The number of rotatable bonds is 3. The number of hydrogen-bond donors (Lipinski definition) is 2. The first-order valence-corrected chi connectivity index (χ1v) is 4.00. The molecular weight excluding hydrogens is 212 g/mol. The van der Waals surface area contributed by atoms with Gasteiger partial charge in [0.05, 0.1) is 6.07 Å². The molecule has 0 aliphatic rings. The second-order valence-electron chi connectivity index (χ2n) is 1.41. The third kappa shape index (κ3) is 4.48. The van der Waals surface area contributed by atoms with Gasteiger partial charge in [0, 0.05) is 6.20 Å². The van der Waals surface area contributed by atoms with Crippen LogP contribution in [0.25, 0.3) is 0 Å². The largest absolute Gasteiger partial charge is 0.372 e. The Morgan fingerprint density at radius 1 is 1.70 bits per heavy atom. The van der Waals surface area contributed by atoms with Crippen LogP contribution in [0.2, 0.25) is 0 Å². The molecule has 10 heavy (non-hydrogen) atoms. The molecule has 0 spiro atoms. The molecule has 0 bridgehead atoms. The highest BCUT2D eigenvalue weighted by Gasteiger charge is 1.94. The summed E-state index contributed by atoms with van der Waals surface area (Å²) >= 11 is 6.89. The van der Waals surface area contributed by atoms with E-state index in [2.05, 4.69) is 33.9 Å². The summed E-state index contributed by atoms with van der Waals surface area (Å²) in [5, 5.41) is 12.8. The molecule has 1 unspecified atom stereocenters. The second-order valence-corrected chi connectivity index (χ2v) is 2.23. The molecule has 0 fully saturated rings. The van der Waals surface area contributed by atoms with E-state index in [1.54, 1.807) is 17.3 Å². The van der Waals surface area contributed by atoms with Crippen molar-refractivity contribution in [2.75, 3.05) is 0 Å². The van der Waals surface area contributed by atoms with Crippen molar-refractivity contribution in [1.82, 2.24) is 5.32 Å². The molecule has 54 valence electrons. The number of nitrogens with one attached hydrogen (secondary N) is 1. The first-order chi connectivity index (χ1) is 4.85. The Kier molecular flexibility index (Phi) is 6.45. The molecule has 0 aliphatic carbocycles. The lowest BCUT2D eigenvalue weighted by atomic mass is 10.3. The number of nitriles is 1. The molecule has 0 aromatic rings. The van der Waals surface area contributed by atoms with Gasteiger partial charge in [-0.2, -0.15) is 17.9 Å². The van der Waals surface area contributed by atoms with Gasteiger partial charge in [-0.05, 0) is 16.5 Å². The number of hydrogen-bond acceptors (Lipinski definition) is 3. The summed E-state index contributed by atoms with van der Waals surface area (Å²) in [6, 6.07) is 1.72. The van der Waals surface area contributed by atoms with Crippen LogP contribution >= 0.6 is 28.6 Å². The highest BCUT2D eigenvalue weighted by molar-refractivity contribution is 9.11. The van der Waals surface area contributed by atoms with Gasteiger partial charge in [-0.3, -0.25) is 0 Å². The quantitative estimate of drug-likeness (QED) is 0.709. The summed E-state index contributed by atoms with van der Waals surface area (Å²) in [6.45, 7) is 0. The molecule has 0 aliphatic heterocycles. The van der Waals surface area contributed by atoms with Crippen LogP contribution in [-0.2, 0) is 0 Å². The second kappa shape index (κ2) is 6.72. The predicted molar refractivity (Wildman–Crippen MR) is 48.7 cm³/mol. The van der Waals surface area contributed by atoms with E-state index in [-0.39, 0.29) is 6.04 Å². The van der Waals surface area contributed by atoms with E-state index in [1.165, 1.54) is 5.41 Å². The van der Waals surface area contributed by atoms with Crippen molar-refractivity contribution in [2.24, 2.45) is 0 Å². The maximum atomic E-state index is 8.44. The molecule has 0 aromatic heterocycles. The highest BCUT2D eigenvalue weighted by atomic mass is 79.9.